The molecule has 2 aliphatic carbocycles. The van der Waals surface area contributed by atoms with Gasteiger partial charge in [-0.1, -0.05) is 6.92 Å². The van der Waals surface area contributed by atoms with Crippen molar-refractivity contribution in [2.45, 2.75) is 57.9 Å². The van der Waals surface area contributed by atoms with Crippen LogP contribution in [0, 0.1) is 17.8 Å². The SMILES string of the molecule is CCCN1CCC(NC(=NC)NCC(C2CC2)C2CC2)CC1. The highest BCUT2D eigenvalue weighted by Gasteiger charge is 2.41. The van der Waals surface area contributed by atoms with Crippen molar-refractivity contribution in [1.29, 1.82) is 0 Å². The van der Waals surface area contributed by atoms with Gasteiger partial charge in [0.15, 0.2) is 5.96 Å². The predicted octanol–water partition coefficient (Wildman–Crippen LogP) is 2.46. The molecule has 4 heteroatoms. The average molecular weight is 306 g/mol. The van der Waals surface area contributed by atoms with E-state index in [0.29, 0.717) is 6.04 Å². The number of aliphatic imine (C=N–C) groups is 1. The van der Waals surface area contributed by atoms with Gasteiger partial charge in [-0.3, -0.25) is 4.99 Å². The number of hydrogen-bond donors (Lipinski definition) is 2. The van der Waals surface area contributed by atoms with E-state index in [4.69, 9.17) is 0 Å². The summed E-state index contributed by atoms with van der Waals surface area (Å²) in [5, 5.41) is 7.28. The maximum absolute atomic E-state index is 4.45. The molecule has 0 aromatic heterocycles. The Bertz CT molecular complexity index is 353. The van der Waals surface area contributed by atoms with Crippen molar-refractivity contribution >= 4 is 5.96 Å². The van der Waals surface area contributed by atoms with Crippen LogP contribution in [0.4, 0.5) is 0 Å². The van der Waals surface area contributed by atoms with Gasteiger partial charge in [0.1, 0.15) is 0 Å². The fraction of sp³-hybridized carbons (Fsp3) is 0.944. The average Bonchev–Trinajstić information content (AvgIpc) is 3.42. The summed E-state index contributed by atoms with van der Waals surface area (Å²) in [5.74, 6) is 3.95. The molecular weight excluding hydrogens is 272 g/mol. The molecule has 0 spiro atoms. The Morgan fingerprint density at radius 2 is 1.73 bits per heavy atom. The first-order chi connectivity index (χ1) is 10.8. The third-order valence-corrected chi connectivity index (χ3v) is 5.65. The second kappa shape index (κ2) is 7.67. The van der Waals surface area contributed by atoms with E-state index < -0.39 is 0 Å². The van der Waals surface area contributed by atoms with E-state index in [2.05, 4.69) is 27.4 Å². The molecule has 0 unspecified atom stereocenters. The molecule has 22 heavy (non-hydrogen) atoms. The van der Waals surface area contributed by atoms with Gasteiger partial charge in [0.25, 0.3) is 0 Å². The zero-order chi connectivity index (χ0) is 15.4. The third kappa shape index (κ3) is 4.61. The monoisotopic (exact) mass is 306 g/mol. The van der Waals surface area contributed by atoms with Crippen molar-refractivity contribution in [3.05, 3.63) is 0 Å². The molecule has 126 valence electrons. The maximum Gasteiger partial charge on any atom is 0.191 e. The van der Waals surface area contributed by atoms with E-state index in [0.717, 1.165) is 30.3 Å². The highest BCUT2D eigenvalue weighted by Crippen LogP contribution is 2.48. The van der Waals surface area contributed by atoms with E-state index in [-0.39, 0.29) is 0 Å². The molecule has 0 radical (unpaired) electrons. The van der Waals surface area contributed by atoms with Crippen LogP contribution in [0.3, 0.4) is 0 Å². The standard InChI is InChI=1S/C18H34N4/c1-3-10-22-11-8-16(9-12-22)21-18(19-2)20-13-17(14-4-5-14)15-6-7-15/h14-17H,3-13H2,1-2H3,(H2,19,20,21). The summed E-state index contributed by atoms with van der Waals surface area (Å²) in [6, 6.07) is 0.597. The highest BCUT2D eigenvalue weighted by atomic mass is 15.2. The zero-order valence-corrected chi connectivity index (χ0v) is 14.5. The third-order valence-electron chi connectivity index (χ3n) is 5.65. The van der Waals surface area contributed by atoms with Crippen LogP contribution in [-0.4, -0.2) is 50.1 Å². The summed E-state index contributed by atoms with van der Waals surface area (Å²) in [4.78, 5) is 7.04. The van der Waals surface area contributed by atoms with Crippen LogP contribution in [0.15, 0.2) is 4.99 Å². The van der Waals surface area contributed by atoms with Crippen LogP contribution < -0.4 is 10.6 Å². The van der Waals surface area contributed by atoms with Crippen molar-refractivity contribution in [3.8, 4) is 0 Å². The van der Waals surface area contributed by atoms with Crippen LogP contribution in [-0.2, 0) is 0 Å². The second-order valence-electron chi connectivity index (χ2n) is 7.55. The van der Waals surface area contributed by atoms with Crippen molar-refractivity contribution in [1.82, 2.24) is 15.5 Å². The molecule has 2 N–H and O–H groups in total. The first kappa shape index (κ1) is 16.1. The maximum atomic E-state index is 4.45. The van der Waals surface area contributed by atoms with E-state index in [1.807, 2.05) is 7.05 Å². The lowest BCUT2D eigenvalue weighted by molar-refractivity contribution is 0.206. The molecule has 1 saturated heterocycles. The summed E-state index contributed by atoms with van der Waals surface area (Å²) in [6.45, 7) is 7.12. The second-order valence-corrected chi connectivity index (χ2v) is 7.55. The lowest BCUT2D eigenvalue weighted by Crippen LogP contribution is -2.49. The van der Waals surface area contributed by atoms with Gasteiger partial charge in [-0.25, -0.2) is 0 Å². The first-order valence-corrected chi connectivity index (χ1v) is 9.49. The molecule has 3 rings (SSSR count). The van der Waals surface area contributed by atoms with Gasteiger partial charge < -0.3 is 15.5 Å². The Morgan fingerprint density at radius 1 is 1.09 bits per heavy atom. The first-order valence-electron chi connectivity index (χ1n) is 9.49. The van der Waals surface area contributed by atoms with Crippen LogP contribution in [0.5, 0.6) is 0 Å². The summed E-state index contributed by atoms with van der Waals surface area (Å²) >= 11 is 0. The fourth-order valence-electron chi connectivity index (χ4n) is 3.99. The summed E-state index contributed by atoms with van der Waals surface area (Å²) < 4.78 is 0. The van der Waals surface area contributed by atoms with Crippen molar-refractivity contribution in [2.75, 3.05) is 33.2 Å². The Balaban J connectivity index is 1.38. The summed E-state index contributed by atoms with van der Waals surface area (Å²) in [6.07, 6.45) is 9.61. The highest BCUT2D eigenvalue weighted by molar-refractivity contribution is 5.80. The van der Waals surface area contributed by atoms with Crippen LogP contribution in [0.1, 0.15) is 51.9 Å². The largest absolute Gasteiger partial charge is 0.356 e. The van der Waals surface area contributed by atoms with Crippen molar-refractivity contribution in [2.24, 2.45) is 22.7 Å². The summed E-state index contributed by atoms with van der Waals surface area (Å²) in [7, 11) is 1.91. The Morgan fingerprint density at radius 3 is 2.23 bits per heavy atom. The van der Waals surface area contributed by atoms with Gasteiger partial charge in [-0.05, 0) is 69.2 Å². The topological polar surface area (TPSA) is 39.7 Å². The number of rotatable bonds is 7. The molecule has 2 saturated carbocycles. The smallest absolute Gasteiger partial charge is 0.191 e. The van der Waals surface area contributed by atoms with Gasteiger partial charge in [0.2, 0.25) is 0 Å². The van der Waals surface area contributed by atoms with Crippen LogP contribution >= 0.6 is 0 Å². The number of hydrogen-bond acceptors (Lipinski definition) is 2. The molecule has 0 amide bonds. The van der Waals surface area contributed by atoms with Crippen molar-refractivity contribution < 1.29 is 0 Å². The lowest BCUT2D eigenvalue weighted by atomic mass is 9.98. The van der Waals surface area contributed by atoms with Gasteiger partial charge in [-0.2, -0.15) is 0 Å². The molecule has 0 atom stereocenters. The fourth-order valence-corrected chi connectivity index (χ4v) is 3.99. The number of nitrogens with zero attached hydrogens (tertiary/aromatic N) is 2. The van der Waals surface area contributed by atoms with Crippen molar-refractivity contribution in [3.63, 3.8) is 0 Å². The molecular formula is C18H34N4. The molecule has 0 aromatic carbocycles. The molecule has 0 aromatic rings. The number of guanidine groups is 1. The van der Waals surface area contributed by atoms with Gasteiger partial charge in [0, 0.05) is 32.7 Å². The van der Waals surface area contributed by atoms with E-state index in [1.54, 1.807) is 0 Å². The van der Waals surface area contributed by atoms with E-state index in [9.17, 15) is 0 Å². The Hall–Kier alpha value is -0.770. The molecule has 4 nitrogen and oxygen atoms in total. The molecule has 0 bridgehead atoms. The Kier molecular flexibility index (Phi) is 5.61. The minimum atomic E-state index is 0.597. The molecule has 3 fully saturated rings. The van der Waals surface area contributed by atoms with E-state index >= 15 is 0 Å². The summed E-state index contributed by atoms with van der Waals surface area (Å²) in [5.41, 5.74) is 0. The number of nitrogens with one attached hydrogen (secondary N) is 2. The molecule has 1 heterocycles. The van der Waals surface area contributed by atoms with Gasteiger partial charge in [0.05, 0.1) is 0 Å². The minimum absolute atomic E-state index is 0.597. The van der Waals surface area contributed by atoms with E-state index in [1.165, 1.54) is 64.6 Å². The molecule has 3 aliphatic rings. The van der Waals surface area contributed by atoms with Gasteiger partial charge >= 0.3 is 0 Å². The quantitative estimate of drug-likeness (QED) is 0.561. The normalized spacial score (nSPS) is 24.8. The minimum Gasteiger partial charge on any atom is -0.356 e. The molecule has 1 aliphatic heterocycles. The van der Waals surface area contributed by atoms with Gasteiger partial charge in [-0.15, -0.1) is 0 Å². The predicted molar refractivity (Wildman–Crippen MR) is 93.2 cm³/mol. The Labute approximate surface area is 136 Å². The zero-order valence-electron chi connectivity index (χ0n) is 14.5. The number of piperidine rings is 1. The van der Waals surface area contributed by atoms with Crippen LogP contribution in [0.2, 0.25) is 0 Å². The van der Waals surface area contributed by atoms with Crippen LogP contribution in [0.25, 0.3) is 0 Å². The lowest BCUT2D eigenvalue weighted by Gasteiger charge is -2.33. The number of likely N-dealkylation sites (tertiary alicyclic amines) is 1.